The van der Waals surface area contributed by atoms with Crippen molar-refractivity contribution in [2.45, 2.75) is 64.3 Å². The van der Waals surface area contributed by atoms with Crippen molar-refractivity contribution in [1.29, 1.82) is 0 Å². The lowest BCUT2D eigenvalue weighted by molar-refractivity contribution is -0.157. The van der Waals surface area contributed by atoms with Crippen molar-refractivity contribution < 1.29 is 26.9 Å². The molecule has 0 aromatic rings. The standard InChI is InChI=1S/C14H22O3.CH5NO3S/c1-3-8(2)14(15)17-12-7-11-9-5-4-6-10(9)13(12)16-11;1-5-6(2,3)4/h8-13H,3-7H2,1-2H3;1H3,(H2,2,3,4). The fraction of sp³-hybridized carbons (Fsp3) is 0.933. The Morgan fingerprint density at radius 1 is 1.35 bits per heavy atom. The molecule has 0 aromatic heterocycles. The molecule has 23 heavy (non-hydrogen) atoms. The Labute approximate surface area is 138 Å². The maximum atomic E-state index is 11.8. The molecule has 2 heterocycles. The van der Waals surface area contributed by atoms with Gasteiger partial charge in [-0.1, -0.05) is 20.3 Å². The maximum absolute atomic E-state index is 11.8. The van der Waals surface area contributed by atoms with Gasteiger partial charge >= 0.3 is 16.3 Å². The fourth-order valence-corrected chi connectivity index (χ4v) is 3.79. The van der Waals surface area contributed by atoms with Crippen molar-refractivity contribution in [3.63, 3.8) is 0 Å². The van der Waals surface area contributed by atoms with Crippen molar-refractivity contribution in [2.75, 3.05) is 7.11 Å². The van der Waals surface area contributed by atoms with E-state index in [0.29, 0.717) is 12.0 Å². The molecule has 0 radical (unpaired) electrons. The van der Waals surface area contributed by atoms with E-state index in [-0.39, 0.29) is 24.1 Å². The Kier molecular flexibility index (Phi) is 6.05. The molecule has 134 valence electrons. The number of hydrogen-bond acceptors (Lipinski definition) is 6. The molecule has 1 aliphatic carbocycles. The molecule has 2 N–H and O–H groups in total. The average molecular weight is 349 g/mol. The van der Waals surface area contributed by atoms with E-state index < -0.39 is 10.3 Å². The van der Waals surface area contributed by atoms with Crippen LogP contribution in [0.1, 0.15) is 46.0 Å². The van der Waals surface area contributed by atoms with Crippen LogP contribution in [-0.2, 0) is 28.8 Å². The van der Waals surface area contributed by atoms with E-state index in [1.807, 2.05) is 13.8 Å². The number of nitrogens with two attached hydrogens (primary N) is 1. The highest BCUT2D eigenvalue weighted by Gasteiger charge is 2.56. The second-order valence-corrected chi connectivity index (χ2v) is 7.90. The minimum absolute atomic E-state index is 0.0218. The molecule has 6 unspecified atom stereocenters. The smallest absolute Gasteiger partial charge is 0.333 e. The van der Waals surface area contributed by atoms with E-state index in [0.717, 1.165) is 25.9 Å². The van der Waals surface area contributed by atoms with E-state index in [4.69, 9.17) is 9.47 Å². The summed E-state index contributed by atoms with van der Waals surface area (Å²) in [6.45, 7) is 3.96. The Morgan fingerprint density at radius 3 is 2.52 bits per heavy atom. The van der Waals surface area contributed by atoms with Gasteiger partial charge in [-0.15, -0.1) is 0 Å². The van der Waals surface area contributed by atoms with E-state index >= 15 is 0 Å². The second-order valence-electron chi connectivity index (χ2n) is 6.58. The number of fused-ring (bicyclic) bond motifs is 5. The molecule has 7 nitrogen and oxygen atoms in total. The monoisotopic (exact) mass is 349 g/mol. The maximum Gasteiger partial charge on any atom is 0.333 e. The van der Waals surface area contributed by atoms with Crippen molar-refractivity contribution in [3.05, 3.63) is 0 Å². The quantitative estimate of drug-likeness (QED) is 0.769. The predicted octanol–water partition coefficient (Wildman–Crippen LogP) is 1.37. The molecule has 2 bridgehead atoms. The number of esters is 1. The topological polar surface area (TPSA) is 105 Å². The Bertz CT molecular complexity index is 522. The third kappa shape index (κ3) is 4.43. The van der Waals surface area contributed by atoms with Gasteiger partial charge in [-0.3, -0.25) is 8.98 Å². The summed E-state index contributed by atoms with van der Waals surface area (Å²) >= 11 is 0. The van der Waals surface area contributed by atoms with E-state index in [2.05, 4.69) is 9.32 Å². The van der Waals surface area contributed by atoms with Crippen LogP contribution >= 0.6 is 0 Å². The number of carbonyl (C=O) groups is 1. The lowest BCUT2D eigenvalue weighted by atomic mass is 9.80. The molecule has 1 saturated carbocycles. The van der Waals surface area contributed by atoms with Gasteiger partial charge in [0.15, 0.2) is 0 Å². The first-order valence-electron chi connectivity index (χ1n) is 8.21. The highest BCUT2D eigenvalue weighted by atomic mass is 32.2. The predicted molar refractivity (Wildman–Crippen MR) is 83.6 cm³/mol. The third-order valence-electron chi connectivity index (χ3n) is 5.20. The third-order valence-corrected chi connectivity index (χ3v) is 5.67. The summed E-state index contributed by atoms with van der Waals surface area (Å²) in [5, 5.41) is 4.28. The minimum Gasteiger partial charge on any atom is -0.459 e. The number of rotatable bonds is 4. The molecule has 3 fully saturated rings. The zero-order valence-corrected chi connectivity index (χ0v) is 14.8. The van der Waals surface area contributed by atoms with Gasteiger partial charge in [-0.25, -0.2) is 5.14 Å². The molecular weight excluding hydrogens is 322 g/mol. The fourth-order valence-electron chi connectivity index (χ4n) is 3.79. The first kappa shape index (κ1) is 18.6. The van der Waals surface area contributed by atoms with Crippen LogP contribution < -0.4 is 5.14 Å². The zero-order valence-electron chi connectivity index (χ0n) is 13.9. The molecule has 2 aliphatic heterocycles. The number of hydrogen-bond donors (Lipinski definition) is 1. The first-order valence-corrected chi connectivity index (χ1v) is 9.68. The van der Waals surface area contributed by atoms with Crippen LogP contribution in [0.5, 0.6) is 0 Å². The molecule has 8 heteroatoms. The molecule has 2 saturated heterocycles. The van der Waals surface area contributed by atoms with E-state index in [1.54, 1.807) is 0 Å². The largest absolute Gasteiger partial charge is 0.459 e. The van der Waals surface area contributed by atoms with Gasteiger partial charge in [0, 0.05) is 6.42 Å². The van der Waals surface area contributed by atoms with Gasteiger partial charge in [0.25, 0.3) is 0 Å². The lowest BCUT2D eigenvalue weighted by Crippen LogP contribution is -2.37. The SMILES string of the molecule is CCC(C)C(=O)OC1CC2OC1C1CCCC21.COS(N)(=O)=O. The summed E-state index contributed by atoms with van der Waals surface area (Å²) in [5.74, 6) is 1.42. The van der Waals surface area contributed by atoms with E-state index in [1.165, 1.54) is 19.3 Å². The van der Waals surface area contributed by atoms with Crippen molar-refractivity contribution in [1.82, 2.24) is 0 Å². The van der Waals surface area contributed by atoms with Crippen LogP contribution in [0.4, 0.5) is 0 Å². The molecule has 0 amide bonds. The second kappa shape index (κ2) is 7.46. The summed E-state index contributed by atoms with van der Waals surface area (Å²) in [6, 6.07) is 0. The molecule has 3 rings (SSSR count). The van der Waals surface area contributed by atoms with Crippen LogP contribution in [0.2, 0.25) is 0 Å². The molecular formula is C15H27NO6S. The van der Waals surface area contributed by atoms with Gasteiger partial charge < -0.3 is 9.47 Å². The summed E-state index contributed by atoms with van der Waals surface area (Å²) in [5.41, 5.74) is 0. The molecule has 0 spiro atoms. The highest BCUT2D eigenvalue weighted by molar-refractivity contribution is 7.84. The number of carbonyl (C=O) groups excluding carboxylic acids is 1. The lowest BCUT2D eigenvalue weighted by Gasteiger charge is -2.28. The van der Waals surface area contributed by atoms with E-state index in [9.17, 15) is 13.2 Å². The molecule has 0 aromatic carbocycles. The summed E-state index contributed by atoms with van der Waals surface area (Å²) < 4.78 is 34.4. The normalized spacial score (nSPS) is 36.1. The van der Waals surface area contributed by atoms with Crippen molar-refractivity contribution in [3.8, 4) is 0 Å². The average Bonchev–Trinajstić information content (AvgIpc) is 3.18. The van der Waals surface area contributed by atoms with Crippen LogP contribution in [0.25, 0.3) is 0 Å². The van der Waals surface area contributed by atoms with Crippen LogP contribution in [0.3, 0.4) is 0 Å². The summed E-state index contributed by atoms with van der Waals surface area (Å²) in [6.07, 6.45) is 6.34. The Morgan fingerprint density at radius 2 is 1.96 bits per heavy atom. The number of ether oxygens (including phenoxy) is 2. The molecule has 3 aliphatic rings. The molecule has 6 atom stereocenters. The van der Waals surface area contributed by atoms with Crippen LogP contribution in [0.15, 0.2) is 0 Å². The zero-order chi connectivity index (χ0) is 17.2. The van der Waals surface area contributed by atoms with Gasteiger partial charge in [0.1, 0.15) is 6.10 Å². The summed E-state index contributed by atoms with van der Waals surface area (Å²) in [7, 11) is -2.67. The van der Waals surface area contributed by atoms with Crippen LogP contribution in [0, 0.1) is 17.8 Å². The van der Waals surface area contributed by atoms with Gasteiger partial charge in [-0.2, -0.15) is 8.42 Å². The van der Waals surface area contributed by atoms with Gasteiger partial charge in [0.2, 0.25) is 0 Å². The van der Waals surface area contributed by atoms with Crippen molar-refractivity contribution >= 4 is 16.3 Å². The Balaban J connectivity index is 0.000000277. The summed E-state index contributed by atoms with van der Waals surface area (Å²) in [4.78, 5) is 11.8. The highest BCUT2D eigenvalue weighted by Crippen LogP contribution is 2.52. The van der Waals surface area contributed by atoms with Gasteiger partial charge in [-0.05, 0) is 31.1 Å². The van der Waals surface area contributed by atoms with Gasteiger partial charge in [0.05, 0.1) is 25.2 Å². The Hall–Kier alpha value is -0.700. The minimum atomic E-state index is -3.66. The van der Waals surface area contributed by atoms with Crippen LogP contribution in [-0.4, -0.2) is 39.8 Å². The first-order chi connectivity index (χ1) is 10.8. The van der Waals surface area contributed by atoms with Crippen molar-refractivity contribution in [2.24, 2.45) is 22.9 Å².